The third-order valence-corrected chi connectivity index (χ3v) is 6.71. The van der Waals surface area contributed by atoms with E-state index in [1.807, 2.05) is 0 Å². The third-order valence-electron chi connectivity index (χ3n) is 4.99. The van der Waals surface area contributed by atoms with Crippen LogP contribution in [0, 0.1) is 0 Å². The Hall–Kier alpha value is -1.80. The summed E-state index contributed by atoms with van der Waals surface area (Å²) in [6, 6.07) is 4.43. The van der Waals surface area contributed by atoms with E-state index in [0.717, 1.165) is 13.1 Å². The first-order valence-corrected chi connectivity index (χ1v) is 10.8. The van der Waals surface area contributed by atoms with Crippen molar-refractivity contribution in [3.63, 3.8) is 0 Å². The van der Waals surface area contributed by atoms with Gasteiger partial charge >= 0.3 is 0 Å². The Kier molecular flexibility index (Phi) is 7.11. The predicted octanol–water partition coefficient (Wildman–Crippen LogP) is 1.86. The van der Waals surface area contributed by atoms with Gasteiger partial charge in [0.2, 0.25) is 5.91 Å². The fourth-order valence-electron chi connectivity index (χ4n) is 3.19. The number of carbonyl (C=O) groups excluding carboxylic acids is 1. The number of ether oxygens (including phenoxy) is 2. The molecule has 1 amide bonds. The van der Waals surface area contributed by atoms with E-state index >= 15 is 0 Å². The minimum atomic E-state index is -3.59. The number of likely N-dealkylation sites (tertiary alicyclic amines) is 1. The molecule has 0 atom stereocenters. The lowest BCUT2D eigenvalue weighted by Crippen LogP contribution is -2.50. The van der Waals surface area contributed by atoms with Crippen molar-refractivity contribution in [2.24, 2.45) is 0 Å². The second-order valence-corrected chi connectivity index (χ2v) is 9.48. The molecule has 0 saturated carbocycles. The van der Waals surface area contributed by atoms with Gasteiger partial charge in [0.05, 0.1) is 24.9 Å². The quantitative estimate of drug-likeness (QED) is 0.683. The van der Waals surface area contributed by atoms with Crippen molar-refractivity contribution in [2.45, 2.75) is 43.5 Å². The topological polar surface area (TPSA) is 84.9 Å². The maximum atomic E-state index is 12.5. The van der Waals surface area contributed by atoms with Crippen molar-refractivity contribution in [1.29, 1.82) is 0 Å². The second-order valence-electron chi connectivity index (χ2n) is 7.37. The summed E-state index contributed by atoms with van der Waals surface area (Å²) in [5.41, 5.74) is -0.131. The van der Waals surface area contributed by atoms with E-state index in [1.54, 1.807) is 6.07 Å². The summed E-state index contributed by atoms with van der Waals surface area (Å²) in [5.74, 6) is 0.290. The lowest BCUT2D eigenvalue weighted by atomic mass is 10.0. The molecule has 1 heterocycles. The Morgan fingerprint density at radius 1 is 1.15 bits per heavy atom. The molecule has 8 heteroatoms. The highest BCUT2D eigenvalue weighted by atomic mass is 32.2. The van der Waals surface area contributed by atoms with Crippen LogP contribution in [-0.4, -0.2) is 64.4 Å². The Balaban J connectivity index is 1.91. The van der Waals surface area contributed by atoms with E-state index < -0.39 is 9.84 Å². The van der Waals surface area contributed by atoms with E-state index in [2.05, 4.69) is 24.1 Å². The van der Waals surface area contributed by atoms with E-state index in [0.29, 0.717) is 18.0 Å². The lowest BCUT2D eigenvalue weighted by Gasteiger charge is -2.35. The molecule has 7 nitrogen and oxygen atoms in total. The molecule has 0 unspecified atom stereocenters. The van der Waals surface area contributed by atoms with Gasteiger partial charge in [0.15, 0.2) is 21.3 Å². The van der Waals surface area contributed by atoms with E-state index in [4.69, 9.17) is 9.47 Å². The number of hydrogen-bond acceptors (Lipinski definition) is 6. The molecule has 1 aliphatic rings. The van der Waals surface area contributed by atoms with Crippen LogP contribution in [0.25, 0.3) is 0 Å². The number of carbonyl (C=O) groups is 1. The number of methoxy groups -OCH3 is 2. The van der Waals surface area contributed by atoms with Gasteiger partial charge in [-0.25, -0.2) is 8.42 Å². The van der Waals surface area contributed by atoms with Gasteiger partial charge in [-0.15, -0.1) is 0 Å². The van der Waals surface area contributed by atoms with Gasteiger partial charge in [0.25, 0.3) is 0 Å². The smallest absolute Gasteiger partial charge is 0.221 e. The first-order valence-electron chi connectivity index (χ1n) is 9.16. The lowest BCUT2D eigenvalue weighted by molar-refractivity contribution is -0.121. The van der Waals surface area contributed by atoms with Crippen molar-refractivity contribution in [2.75, 3.05) is 39.6 Å². The Labute approximate surface area is 161 Å². The highest BCUT2D eigenvalue weighted by Crippen LogP contribution is 2.30. The monoisotopic (exact) mass is 398 g/mol. The summed E-state index contributed by atoms with van der Waals surface area (Å²) in [7, 11) is -0.655. The summed E-state index contributed by atoms with van der Waals surface area (Å²) in [6.07, 6.45) is 2.29. The van der Waals surface area contributed by atoms with Gasteiger partial charge < -0.3 is 14.8 Å². The average molecular weight is 399 g/mol. The average Bonchev–Trinajstić information content (AvgIpc) is 3.20. The molecule has 0 aliphatic carbocycles. The number of hydrogen-bond donors (Lipinski definition) is 1. The zero-order chi connectivity index (χ0) is 20.1. The molecule has 1 N–H and O–H groups in total. The van der Waals surface area contributed by atoms with Crippen LogP contribution in [0.4, 0.5) is 0 Å². The van der Waals surface area contributed by atoms with Crippen LogP contribution in [0.1, 0.15) is 33.1 Å². The summed E-state index contributed by atoms with van der Waals surface area (Å²) < 4.78 is 35.3. The predicted molar refractivity (Wildman–Crippen MR) is 104 cm³/mol. The molecule has 0 bridgehead atoms. The Morgan fingerprint density at radius 3 is 2.37 bits per heavy atom. The second kappa shape index (κ2) is 8.93. The molecular weight excluding hydrogens is 368 g/mol. The first kappa shape index (κ1) is 21.5. The van der Waals surface area contributed by atoms with Crippen molar-refractivity contribution in [3.05, 3.63) is 18.2 Å². The van der Waals surface area contributed by atoms with Gasteiger partial charge in [-0.1, -0.05) is 0 Å². The molecule has 0 radical (unpaired) electrons. The molecule has 2 rings (SSSR count). The number of amides is 1. The molecule has 1 fully saturated rings. The van der Waals surface area contributed by atoms with Crippen molar-refractivity contribution < 1.29 is 22.7 Å². The summed E-state index contributed by atoms with van der Waals surface area (Å²) >= 11 is 0. The van der Waals surface area contributed by atoms with E-state index in [1.165, 1.54) is 39.2 Å². The zero-order valence-electron chi connectivity index (χ0n) is 16.6. The van der Waals surface area contributed by atoms with E-state index in [9.17, 15) is 13.2 Å². The number of nitrogens with zero attached hydrogens (tertiary/aromatic N) is 1. The van der Waals surface area contributed by atoms with Crippen LogP contribution in [0.15, 0.2) is 23.1 Å². The van der Waals surface area contributed by atoms with Gasteiger partial charge in [0, 0.05) is 24.6 Å². The zero-order valence-corrected chi connectivity index (χ0v) is 17.4. The molecule has 0 spiro atoms. The Bertz CT molecular complexity index is 755. The fourth-order valence-corrected chi connectivity index (χ4v) is 4.44. The molecule has 0 aromatic heterocycles. The highest BCUT2D eigenvalue weighted by Gasteiger charge is 2.29. The number of sulfone groups is 1. The molecule has 152 valence electrons. The summed E-state index contributed by atoms with van der Waals surface area (Å²) in [6.45, 7) is 6.77. The highest BCUT2D eigenvalue weighted by molar-refractivity contribution is 7.91. The molecule has 1 aromatic carbocycles. The third kappa shape index (κ3) is 5.59. The SMILES string of the molecule is COc1ccc(S(=O)(=O)CCC(=O)NCC(C)(C)N2CCCC2)cc1OC. The van der Waals surface area contributed by atoms with Crippen LogP contribution in [0.2, 0.25) is 0 Å². The number of benzene rings is 1. The normalized spacial score (nSPS) is 15.6. The largest absolute Gasteiger partial charge is 0.493 e. The van der Waals surface area contributed by atoms with Gasteiger partial charge in [-0.3, -0.25) is 9.69 Å². The molecule has 27 heavy (non-hydrogen) atoms. The molecule has 1 saturated heterocycles. The maximum absolute atomic E-state index is 12.5. The van der Waals surface area contributed by atoms with Crippen molar-refractivity contribution in [3.8, 4) is 11.5 Å². The van der Waals surface area contributed by atoms with Crippen LogP contribution in [0.3, 0.4) is 0 Å². The minimum Gasteiger partial charge on any atom is -0.493 e. The van der Waals surface area contributed by atoms with Crippen LogP contribution in [-0.2, 0) is 14.6 Å². The molecule has 1 aromatic rings. The molecule has 1 aliphatic heterocycles. The number of nitrogens with one attached hydrogen (secondary N) is 1. The van der Waals surface area contributed by atoms with Crippen LogP contribution in [0.5, 0.6) is 11.5 Å². The summed E-state index contributed by atoms with van der Waals surface area (Å²) in [4.78, 5) is 14.6. The standard InChI is InChI=1S/C19H30N2O5S/c1-19(2,21-10-5-6-11-21)14-20-18(22)9-12-27(23,24)15-7-8-16(25-3)17(13-15)26-4/h7-8,13H,5-6,9-12,14H2,1-4H3,(H,20,22). The number of rotatable bonds is 9. The minimum absolute atomic E-state index is 0.0766. The van der Waals surface area contributed by atoms with E-state index in [-0.39, 0.29) is 28.5 Å². The van der Waals surface area contributed by atoms with Gasteiger partial charge in [0.1, 0.15) is 0 Å². The fraction of sp³-hybridized carbons (Fsp3) is 0.632. The van der Waals surface area contributed by atoms with Crippen LogP contribution < -0.4 is 14.8 Å². The van der Waals surface area contributed by atoms with Gasteiger partial charge in [-0.05, 0) is 51.9 Å². The summed E-state index contributed by atoms with van der Waals surface area (Å²) in [5, 5.41) is 2.87. The van der Waals surface area contributed by atoms with Crippen LogP contribution >= 0.6 is 0 Å². The first-order chi connectivity index (χ1) is 12.7. The van der Waals surface area contributed by atoms with Gasteiger partial charge in [-0.2, -0.15) is 0 Å². The van der Waals surface area contributed by atoms with Crippen molar-refractivity contribution >= 4 is 15.7 Å². The molecular formula is C19H30N2O5S. The maximum Gasteiger partial charge on any atom is 0.221 e. The Morgan fingerprint density at radius 2 is 1.78 bits per heavy atom. The van der Waals surface area contributed by atoms with Crippen molar-refractivity contribution in [1.82, 2.24) is 10.2 Å².